The Morgan fingerprint density at radius 3 is 1.89 bits per heavy atom. The second-order valence-electron chi connectivity index (χ2n) is 12.3. The fourth-order valence-electron chi connectivity index (χ4n) is 8.03. The fourth-order valence-corrected chi connectivity index (χ4v) is 8.03. The normalized spacial score (nSPS) is 26.8. The molecular formula is C38H34N2O6. The van der Waals surface area contributed by atoms with Crippen molar-refractivity contribution in [3.05, 3.63) is 108 Å². The van der Waals surface area contributed by atoms with Gasteiger partial charge in [-0.3, -0.25) is 29.0 Å². The number of hydrogen-bond donors (Lipinski definition) is 1. The number of hydrogen-bond acceptors (Lipinski definition) is 6. The third kappa shape index (κ3) is 4.35. The molecule has 232 valence electrons. The minimum atomic E-state index is -0.803. The van der Waals surface area contributed by atoms with E-state index in [1.807, 2.05) is 25.1 Å². The Bertz CT molecular complexity index is 1820. The average Bonchev–Trinajstić information content (AvgIpc) is 3.48. The Morgan fingerprint density at radius 1 is 0.761 bits per heavy atom. The number of phenols is 1. The van der Waals surface area contributed by atoms with Crippen LogP contribution in [0.15, 0.2) is 91.5 Å². The Hall–Kier alpha value is -5.24. The molecular weight excluding hydrogens is 580 g/mol. The minimum absolute atomic E-state index is 0.0939. The molecule has 2 aliphatic heterocycles. The molecule has 0 radical (unpaired) electrons. The van der Waals surface area contributed by atoms with Gasteiger partial charge in [-0.1, -0.05) is 73.4 Å². The molecule has 0 spiro atoms. The number of aromatic hydroxyl groups is 1. The summed E-state index contributed by atoms with van der Waals surface area (Å²) in [5.41, 5.74) is 3.94. The van der Waals surface area contributed by atoms with Crippen LogP contribution in [0, 0.1) is 29.6 Å². The summed E-state index contributed by atoms with van der Waals surface area (Å²) in [6.45, 7) is 9.71. The number of rotatable bonds is 7. The highest BCUT2D eigenvalue weighted by Gasteiger charge is 2.62. The van der Waals surface area contributed by atoms with Crippen molar-refractivity contribution in [2.24, 2.45) is 29.6 Å². The van der Waals surface area contributed by atoms with Gasteiger partial charge in [-0.05, 0) is 67.1 Å². The summed E-state index contributed by atoms with van der Waals surface area (Å²) in [7, 11) is 0. The lowest BCUT2D eigenvalue weighted by Gasteiger charge is -2.44. The van der Waals surface area contributed by atoms with Gasteiger partial charge in [0.15, 0.2) is 11.5 Å². The van der Waals surface area contributed by atoms with Gasteiger partial charge in [-0.15, -0.1) is 0 Å². The van der Waals surface area contributed by atoms with E-state index in [9.17, 15) is 24.3 Å². The van der Waals surface area contributed by atoms with E-state index in [1.165, 1.54) is 9.80 Å². The first-order valence-corrected chi connectivity index (χ1v) is 15.6. The maximum absolute atomic E-state index is 14.3. The topological polar surface area (TPSA) is 104 Å². The predicted molar refractivity (Wildman–Crippen MR) is 175 cm³/mol. The van der Waals surface area contributed by atoms with Gasteiger partial charge in [0.25, 0.3) is 0 Å². The fraction of sp³-hybridized carbons (Fsp3) is 0.263. The van der Waals surface area contributed by atoms with Gasteiger partial charge in [-0.25, -0.2) is 0 Å². The molecule has 8 nitrogen and oxygen atoms in total. The van der Waals surface area contributed by atoms with E-state index in [1.54, 1.807) is 66.7 Å². The second-order valence-corrected chi connectivity index (χ2v) is 12.3. The van der Waals surface area contributed by atoms with Crippen LogP contribution in [0.3, 0.4) is 0 Å². The smallest absolute Gasteiger partial charge is 0.238 e. The predicted octanol–water partition coefficient (Wildman–Crippen LogP) is 6.12. The number of para-hydroxylation sites is 1. The zero-order valence-electron chi connectivity index (χ0n) is 25.5. The van der Waals surface area contributed by atoms with Crippen molar-refractivity contribution in [2.45, 2.75) is 25.7 Å². The van der Waals surface area contributed by atoms with Crippen molar-refractivity contribution in [1.82, 2.24) is 0 Å². The maximum atomic E-state index is 14.3. The first-order chi connectivity index (χ1) is 22.3. The van der Waals surface area contributed by atoms with Gasteiger partial charge in [-0.2, -0.15) is 0 Å². The highest BCUT2D eigenvalue weighted by molar-refractivity contribution is 6.24. The van der Waals surface area contributed by atoms with Crippen LogP contribution in [0.2, 0.25) is 0 Å². The number of anilines is 2. The zero-order valence-corrected chi connectivity index (χ0v) is 25.5. The number of imide groups is 2. The number of phenolic OH excluding ortho intramolecular Hbond substituents is 1. The molecule has 6 atom stereocenters. The zero-order chi connectivity index (χ0) is 32.3. The van der Waals surface area contributed by atoms with Crippen molar-refractivity contribution in [1.29, 1.82) is 0 Å². The van der Waals surface area contributed by atoms with E-state index in [0.29, 0.717) is 30.0 Å². The van der Waals surface area contributed by atoms with Gasteiger partial charge in [0, 0.05) is 11.5 Å². The molecule has 0 aromatic heterocycles. The largest absolute Gasteiger partial charge is 0.504 e. The van der Waals surface area contributed by atoms with E-state index in [-0.39, 0.29) is 41.5 Å². The van der Waals surface area contributed by atoms with Crippen LogP contribution < -0.4 is 14.5 Å². The molecule has 1 saturated carbocycles. The lowest BCUT2D eigenvalue weighted by Crippen LogP contribution is -2.43. The Balaban J connectivity index is 1.33. The number of nitrogens with zero attached hydrogens (tertiary/aromatic N) is 2. The van der Waals surface area contributed by atoms with Crippen LogP contribution in [-0.4, -0.2) is 35.3 Å². The van der Waals surface area contributed by atoms with Crippen molar-refractivity contribution in [3.63, 3.8) is 0 Å². The average molecular weight is 615 g/mol. The molecule has 4 amide bonds. The van der Waals surface area contributed by atoms with Crippen LogP contribution >= 0.6 is 0 Å². The number of benzene rings is 3. The maximum Gasteiger partial charge on any atom is 0.238 e. The van der Waals surface area contributed by atoms with Gasteiger partial charge >= 0.3 is 0 Å². The van der Waals surface area contributed by atoms with E-state index < -0.39 is 35.5 Å². The monoisotopic (exact) mass is 614 g/mol. The Morgan fingerprint density at radius 2 is 1.33 bits per heavy atom. The SMILES string of the molecule is C=Cc1ccc(N2C(=O)[C@H]3[C@H](CC=C4[C@H]3C[C@H]3C(=O)N(c5ccc(C=C)cc5)C(=O)[C@H]3[C@H]4c3cccc(OCC)c3O)C2=O)cc1. The van der Waals surface area contributed by atoms with Crippen LogP contribution in [0.25, 0.3) is 12.2 Å². The van der Waals surface area contributed by atoms with Crippen LogP contribution in [-0.2, 0) is 19.2 Å². The Kier molecular flexibility index (Phi) is 7.23. The number of ether oxygens (including phenoxy) is 1. The summed E-state index contributed by atoms with van der Waals surface area (Å²) < 4.78 is 5.70. The molecule has 1 N–H and O–H groups in total. The second kappa shape index (κ2) is 11.3. The molecule has 0 unspecified atom stereocenters. The third-order valence-corrected chi connectivity index (χ3v) is 10.1. The lowest BCUT2D eigenvalue weighted by atomic mass is 9.57. The number of amides is 4. The number of fused-ring (bicyclic) bond motifs is 4. The van der Waals surface area contributed by atoms with Crippen molar-refractivity contribution in [2.75, 3.05) is 16.4 Å². The summed E-state index contributed by atoms with van der Waals surface area (Å²) >= 11 is 0. The third-order valence-electron chi connectivity index (χ3n) is 10.1. The van der Waals surface area contributed by atoms with E-state index in [0.717, 1.165) is 16.7 Å². The van der Waals surface area contributed by atoms with Gasteiger partial charge in [0.1, 0.15) is 0 Å². The summed E-state index contributed by atoms with van der Waals surface area (Å²) in [5, 5.41) is 11.5. The number of allylic oxidation sites excluding steroid dienone is 2. The summed E-state index contributed by atoms with van der Waals surface area (Å²) in [6, 6.07) is 19.3. The number of carbonyl (C=O) groups excluding carboxylic acids is 4. The van der Waals surface area contributed by atoms with Crippen molar-refractivity contribution < 1.29 is 29.0 Å². The van der Waals surface area contributed by atoms with E-state index >= 15 is 0 Å². The standard InChI is InChI=1S/C38H34N2O6/c1-4-21-10-14-23(15-11-21)39-35(42)27-19-18-25-28(32(27)37(39)44)20-29-33(31(25)26-8-7-9-30(34(26)41)46-6-3)38(45)40(36(29)43)24-16-12-22(5-2)13-17-24/h4-5,7-18,27-29,31-33,41H,1-2,6,19-20H2,3H3/t27-,28+,29+,31+,32-,33+/m0/s1. The molecule has 3 aromatic carbocycles. The molecule has 8 heteroatoms. The molecule has 46 heavy (non-hydrogen) atoms. The van der Waals surface area contributed by atoms with Gasteiger partial charge < -0.3 is 9.84 Å². The molecule has 3 aromatic rings. The van der Waals surface area contributed by atoms with Crippen LogP contribution in [0.1, 0.15) is 42.4 Å². The van der Waals surface area contributed by atoms with Gasteiger partial charge in [0.05, 0.1) is 41.7 Å². The highest BCUT2D eigenvalue weighted by atomic mass is 16.5. The lowest BCUT2D eigenvalue weighted by molar-refractivity contribution is -0.126. The molecule has 2 heterocycles. The van der Waals surface area contributed by atoms with Gasteiger partial charge in [0.2, 0.25) is 23.6 Å². The quantitative estimate of drug-likeness (QED) is 0.254. The summed E-state index contributed by atoms with van der Waals surface area (Å²) in [4.78, 5) is 59.0. The molecule has 3 fully saturated rings. The molecule has 2 saturated heterocycles. The molecule has 4 aliphatic rings. The molecule has 2 aliphatic carbocycles. The first kappa shape index (κ1) is 29.5. The Labute approximate surface area is 267 Å². The van der Waals surface area contributed by atoms with Crippen LogP contribution in [0.5, 0.6) is 11.5 Å². The number of carbonyl (C=O) groups is 4. The van der Waals surface area contributed by atoms with E-state index in [2.05, 4.69) is 13.2 Å². The summed E-state index contributed by atoms with van der Waals surface area (Å²) in [6.07, 6.45) is 5.91. The molecule has 7 rings (SSSR count). The van der Waals surface area contributed by atoms with Crippen LogP contribution in [0.4, 0.5) is 11.4 Å². The van der Waals surface area contributed by atoms with Crippen molar-refractivity contribution in [3.8, 4) is 11.5 Å². The first-order valence-electron chi connectivity index (χ1n) is 15.6. The highest BCUT2D eigenvalue weighted by Crippen LogP contribution is 2.59. The van der Waals surface area contributed by atoms with E-state index in [4.69, 9.17) is 4.74 Å². The summed E-state index contributed by atoms with van der Waals surface area (Å²) in [5.74, 6) is -5.10. The minimum Gasteiger partial charge on any atom is -0.504 e. The van der Waals surface area contributed by atoms with Crippen molar-refractivity contribution >= 4 is 47.2 Å². The molecule has 0 bridgehead atoms.